The highest BCUT2D eigenvalue weighted by molar-refractivity contribution is 7.07. The van der Waals surface area contributed by atoms with Gasteiger partial charge in [0.15, 0.2) is 0 Å². The van der Waals surface area contributed by atoms with Crippen molar-refractivity contribution in [2.75, 3.05) is 6.54 Å². The molecule has 0 radical (unpaired) electrons. The quantitative estimate of drug-likeness (QED) is 0.842. The molecule has 3 nitrogen and oxygen atoms in total. The van der Waals surface area contributed by atoms with Crippen LogP contribution in [-0.2, 0) is 11.3 Å². The van der Waals surface area contributed by atoms with E-state index in [0.717, 1.165) is 19.4 Å². The highest BCUT2D eigenvalue weighted by Crippen LogP contribution is 2.16. The van der Waals surface area contributed by atoms with Crippen LogP contribution >= 0.6 is 11.3 Å². The molecule has 1 saturated heterocycles. The minimum absolute atomic E-state index is 0.190. The maximum atomic E-state index is 11.9. The molecular formula is C12H18N2OS. The van der Waals surface area contributed by atoms with Crippen LogP contribution in [0.15, 0.2) is 16.8 Å². The van der Waals surface area contributed by atoms with Crippen LogP contribution in [0.1, 0.15) is 25.3 Å². The van der Waals surface area contributed by atoms with Gasteiger partial charge in [0, 0.05) is 18.5 Å². The van der Waals surface area contributed by atoms with Crippen molar-refractivity contribution in [3.63, 3.8) is 0 Å². The molecule has 88 valence electrons. The molecule has 1 aliphatic heterocycles. The lowest BCUT2D eigenvalue weighted by atomic mass is 9.92. The lowest BCUT2D eigenvalue weighted by molar-refractivity contribution is -0.126. The van der Waals surface area contributed by atoms with E-state index < -0.39 is 0 Å². The fourth-order valence-electron chi connectivity index (χ4n) is 2.10. The summed E-state index contributed by atoms with van der Waals surface area (Å²) < 4.78 is 0. The number of carbonyl (C=O) groups excluding carboxylic acids is 1. The lowest BCUT2D eigenvalue weighted by Gasteiger charge is -2.27. The van der Waals surface area contributed by atoms with E-state index in [-0.39, 0.29) is 11.8 Å². The summed E-state index contributed by atoms with van der Waals surface area (Å²) in [5.41, 5.74) is 1.19. The van der Waals surface area contributed by atoms with Gasteiger partial charge in [-0.2, -0.15) is 11.3 Å². The first kappa shape index (κ1) is 11.6. The summed E-state index contributed by atoms with van der Waals surface area (Å²) in [5.74, 6) is 0.398. The predicted molar refractivity (Wildman–Crippen MR) is 66.4 cm³/mol. The molecular weight excluding hydrogens is 220 g/mol. The molecule has 0 aromatic carbocycles. The zero-order valence-electron chi connectivity index (χ0n) is 9.53. The highest BCUT2D eigenvalue weighted by atomic mass is 32.1. The summed E-state index contributed by atoms with van der Waals surface area (Å²) in [6, 6.07) is 2.52. The molecule has 0 aliphatic carbocycles. The molecule has 1 aromatic rings. The van der Waals surface area contributed by atoms with E-state index in [2.05, 4.69) is 29.0 Å². The summed E-state index contributed by atoms with van der Waals surface area (Å²) in [5, 5.41) is 10.5. The number of carbonyl (C=O) groups is 1. The Balaban J connectivity index is 1.79. The molecule has 2 atom stereocenters. The molecule has 1 aromatic heterocycles. The Labute approximate surface area is 100 Å². The molecule has 1 fully saturated rings. The molecule has 0 bridgehead atoms. The van der Waals surface area contributed by atoms with E-state index in [1.165, 1.54) is 5.56 Å². The Bertz CT molecular complexity index is 337. The molecule has 0 spiro atoms. The topological polar surface area (TPSA) is 41.1 Å². The van der Waals surface area contributed by atoms with Crippen LogP contribution in [0.4, 0.5) is 0 Å². The van der Waals surface area contributed by atoms with Gasteiger partial charge in [-0.1, -0.05) is 0 Å². The largest absolute Gasteiger partial charge is 0.352 e. The van der Waals surface area contributed by atoms with Crippen LogP contribution in [-0.4, -0.2) is 18.5 Å². The summed E-state index contributed by atoms with van der Waals surface area (Å²) in [7, 11) is 0. The number of thiophene rings is 1. The van der Waals surface area contributed by atoms with Gasteiger partial charge in [-0.05, 0) is 48.7 Å². The van der Waals surface area contributed by atoms with Gasteiger partial charge >= 0.3 is 0 Å². The smallest absolute Gasteiger partial charge is 0.223 e. The molecule has 16 heavy (non-hydrogen) atoms. The normalized spacial score (nSPS) is 25.3. The third-order valence-electron chi connectivity index (χ3n) is 3.04. The van der Waals surface area contributed by atoms with Crippen molar-refractivity contribution in [3.05, 3.63) is 22.4 Å². The second kappa shape index (κ2) is 5.46. The molecule has 2 unspecified atom stereocenters. The van der Waals surface area contributed by atoms with Gasteiger partial charge in [0.25, 0.3) is 0 Å². The Morgan fingerprint density at radius 3 is 3.25 bits per heavy atom. The number of piperidine rings is 1. The first-order valence-corrected chi connectivity index (χ1v) is 6.72. The van der Waals surface area contributed by atoms with Gasteiger partial charge in [0.2, 0.25) is 5.91 Å². The second-order valence-corrected chi connectivity index (χ2v) is 5.21. The molecule has 2 heterocycles. The van der Waals surface area contributed by atoms with Crippen molar-refractivity contribution < 1.29 is 4.79 Å². The standard InChI is InChI=1S/C12H18N2OS/c1-9-6-11(2-4-13-9)12(15)14-7-10-3-5-16-8-10/h3,5,8-9,11,13H,2,4,6-7H2,1H3,(H,14,15). The Hall–Kier alpha value is -0.870. The molecule has 2 rings (SSSR count). The zero-order valence-corrected chi connectivity index (χ0v) is 10.3. The van der Waals surface area contributed by atoms with Crippen LogP contribution in [0, 0.1) is 5.92 Å². The van der Waals surface area contributed by atoms with Crippen molar-refractivity contribution >= 4 is 17.2 Å². The third-order valence-corrected chi connectivity index (χ3v) is 3.77. The average Bonchev–Trinajstić information content (AvgIpc) is 2.78. The van der Waals surface area contributed by atoms with Crippen LogP contribution in [0.5, 0.6) is 0 Å². The molecule has 2 N–H and O–H groups in total. The summed E-state index contributed by atoms with van der Waals surface area (Å²) >= 11 is 1.67. The summed E-state index contributed by atoms with van der Waals surface area (Å²) in [4.78, 5) is 11.9. The van der Waals surface area contributed by atoms with E-state index >= 15 is 0 Å². The predicted octanol–water partition coefficient (Wildman–Crippen LogP) is 1.75. The monoisotopic (exact) mass is 238 g/mol. The molecule has 0 saturated carbocycles. The Morgan fingerprint density at radius 1 is 1.69 bits per heavy atom. The number of amides is 1. The first-order chi connectivity index (χ1) is 7.75. The van der Waals surface area contributed by atoms with E-state index in [1.807, 2.05) is 5.38 Å². The first-order valence-electron chi connectivity index (χ1n) is 5.78. The second-order valence-electron chi connectivity index (χ2n) is 4.43. The number of nitrogens with one attached hydrogen (secondary N) is 2. The van der Waals surface area contributed by atoms with Crippen LogP contribution in [0.3, 0.4) is 0 Å². The van der Waals surface area contributed by atoms with Crippen molar-refractivity contribution in [1.29, 1.82) is 0 Å². The van der Waals surface area contributed by atoms with Gasteiger partial charge in [-0.25, -0.2) is 0 Å². The van der Waals surface area contributed by atoms with E-state index in [0.29, 0.717) is 12.6 Å². The van der Waals surface area contributed by atoms with Gasteiger partial charge < -0.3 is 10.6 Å². The maximum absolute atomic E-state index is 11.9. The number of hydrogen-bond donors (Lipinski definition) is 2. The fourth-order valence-corrected chi connectivity index (χ4v) is 2.77. The summed E-state index contributed by atoms with van der Waals surface area (Å²) in [6.07, 6.45) is 1.91. The highest BCUT2D eigenvalue weighted by Gasteiger charge is 2.24. The molecule has 1 amide bonds. The fraction of sp³-hybridized carbons (Fsp3) is 0.583. The molecule has 1 aliphatic rings. The number of rotatable bonds is 3. The minimum Gasteiger partial charge on any atom is -0.352 e. The van der Waals surface area contributed by atoms with Gasteiger partial charge in [-0.15, -0.1) is 0 Å². The van der Waals surface area contributed by atoms with Crippen LogP contribution in [0.25, 0.3) is 0 Å². The van der Waals surface area contributed by atoms with Crippen molar-refractivity contribution in [2.45, 2.75) is 32.4 Å². The lowest BCUT2D eigenvalue weighted by Crippen LogP contribution is -2.42. The van der Waals surface area contributed by atoms with Crippen molar-refractivity contribution in [3.8, 4) is 0 Å². The molecule has 4 heteroatoms. The van der Waals surface area contributed by atoms with Crippen LogP contribution < -0.4 is 10.6 Å². The van der Waals surface area contributed by atoms with Gasteiger partial charge in [0.05, 0.1) is 0 Å². The van der Waals surface area contributed by atoms with E-state index in [1.54, 1.807) is 11.3 Å². The van der Waals surface area contributed by atoms with Crippen molar-refractivity contribution in [2.24, 2.45) is 5.92 Å². The Morgan fingerprint density at radius 2 is 2.56 bits per heavy atom. The minimum atomic E-state index is 0.190. The maximum Gasteiger partial charge on any atom is 0.223 e. The Kier molecular flexibility index (Phi) is 3.96. The van der Waals surface area contributed by atoms with Gasteiger partial charge in [-0.3, -0.25) is 4.79 Å². The average molecular weight is 238 g/mol. The SMILES string of the molecule is CC1CC(C(=O)NCc2ccsc2)CCN1. The van der Waals surface area contributed by atoms with Crippen molar-refractivity contribution in [1.82, 2.24) is 10.6 Å². The van der Waals surface area contributed by atoms with E-state index in [4.69, 9.17) is 0 Å². The third kappa shape index (κ3) is 3.06. The number of hydrogen-bond acceptors (Lipinski definition) is 3. The summed E-state index contributed by atoms with van der Waals surface area (Å²) in [6.45, 7) is 3.76. The van der Waals surface area contributed by atoms with Crippen LogP contribution in [0.2, 0.25) is 0 Å². The van der Waals surface area contributed by atoms with E-state index in [9.17, 15) is 4.79 Å². The zero-order chi connectivity index (χ0) is 11.4. The van der Waals surface area contributed by atoms with Gasteiger partial charge in [0.1, 0.15) is 0 Å².